The fourth-order valence-corrected chi connectivity index (χ4v) is 3.80. The number of aryl methyl sites for hydroxylation is 1. The number of halogens is 1. The maximum absolute atomic E-state index is 12.7. The zero-order chi connectivity index (χ0) is 13.5. The topological polar surface area (TPSA) is 39.1 Å². The van der Waals surface area contributed by atoms with Gasteiger partial charge in [0.15, 0.2) is 0 Å². The second kappa shape index (κ2) is 5.31. The molecule has 0 unspecified atom stereocenters. The van der Waals surface area contributed by atoms with Crippen molar-refractivity contribution in [3.8, 4) is 0 Å². The zero-order valence-electron chi connectivity index (χ0n) is 10.9. The second-order valence-electron chi connectivity index (χ2n) is 4.44. The molecule has 0 N–H and O–H groups in total. The minimum Gasteiger partial charge on any atom is -0.241 e. The monoisotopic (exact) mass is 307 g/mol. The van der Waals surface area contributed by atoms with Gasteiger partial charge in [0.1, 0.15) is 0 Å². The quantitative estimate of drug-likeness (QED) is 0.725. The number of para-hydroxylation sites is 1. The van der Waals surface area contributed by atoms with E-state index < -0.39 is 10.0 Å². The summed E-state index contributed by atoms with van der Waals surface area (Å²) in [6.45, 7) is 1.80. The van der Waals surface area contributed by atoms with Crippen LogP contribution < -0.4 is 0 Å². The highest BCUT2D eigenvalue weighted by Gasteiger charge is 2.20. The SMILES string of the molecule is Cc1ccccc1S(=O)(=O)n1ccc2ccccc21.Cl. The van der Waals surface area contributed by atoms with Gasteiger partial charge < -0.3 is 0 Å². The Hall–Kier alpha value is -1.78. The van der Waals surface area contributed by atoms with Gasteiger partial charge in [0, 0.05) is 11.6 Å². The molecule has 0 spiro atoms. The Morgan fingerprint density at radius 1 is 0.900 bits per heavy atom. The summed E-state index contributed by atoms with van der Waals surface area (Å²) in [6, 6.07) is 16.3. The zero-order valence-corrected chi connectivity index (χ0v) is 12.5. The predicted octanol–water partition coefficient (Wildman–Crippen LogP) is 3.61. The van der Waals surface area contributed by atoms with Crippen molar-refractivity contribution in [1.82, 2.24) is 3.97 Å². The average Bonchev–Trinajstić information content (AvgIpc) is 2.83. The van der Waals surface area contributed by atoms with E-state index in [1.807, 2.05) is 36.4 Å². The molecule has 3 rings (SSSR count). The summed E-state index contributed by atoms with van der Waals surface area (Å²) in [5, 5.41) is 0.916. The van der Waals surface area contributed by atoms with Crippen molar-refractivity contribution in [2.45, 2.75) is 11.8 Å². The van der Waals surface area contributed by atoms with Gasteiger partial charge in [-0.25, -0.2) is 12.4 Å². The van der Waals surface area contributed by atoms with Crippen molar-refractivity contribution in [2.75, 3.05) is 0 Å². The van der Waals surface area contributed by atoms with Crippen molar-refractivity contribution in [3.05, 3.63) is 66.4 Å². The maximum atomic E-state index is 12.7. The molecular weight excluding hydrogens is 294 g/mol. The Bertz CT molecular complexity index is 853. The Balaban J connectivity index is 0.00000147. The van der Waals surface area contributed by atoms with E-state index in [4.69, 9.17) is 0 Å². The lowest BCUT2D eigenvalue weighted by Crippen LogP contribution is -2.12. The van der Waals surface area contributed by atoms with Crippen LogP contribution in [0.2, 0.25) is 0 Å². The first-order valence-corrected chi connectivity index (χ1v) is 7.42. The molecule has 0 aliphatic heterocycles. The highest BCUT2D eigenvalue weighted by molar-refractivity contribution is 7.90. The molecule has 0 saturated carbocycles. The average molecular weight is 308 g/mol. The number of nitrogens with zero attached hydrogens (tertiary/aromatic N) is 1. The van der Waals surface area contributed by atoms with Crippen LogP contribution in [-0.2, 0) is 10.0 Å². The summed E-state index contributed by atoms with van der Waals surface area (Å²) in [6.07, 6.45) is 1.60. The van der Waals surface area contributed by atoms with E-state index in [0.717, 1.165) is 10.9 Å². The molecule has 0 bridgehead atoms. The van der Waals surface area contributed by atoms with Crippen molar-refractivity contribution < 1.29 is 8.42 Å². The molecule has 5 heteroatoms. The van der Waals surface area contributed by atoms with Gasteiger partial charge >= 0.3 is 0 Å². The van der Waals surface area contributed by atoms with Gasteiger partial charge in [-0.1, -0.05) is 36.4 Å². The molecule has 0 atom stereocenters. The van der Waals surface area contributed by atoms with Crippen LogP contribution in [0.5, 0.6) is 0 Å². The van der Waals surface area contributed by atoms with Crippen LogP contribution in [0.1, 0.15) is 5.56 Å². The van der Waals surface area contributed by atoms with E-state index >= 15 is 0 Å². The molecule has 0 aliphatic rings. The third-order valence-electron chi connectivity index (χ3n) is 3.19. The van der Waals surface area contributed by atoms with Gasteiger partial charge in [-0.05, 0) is 30.7 Å². The Morgan fingerprint density at radius 3 is 2.30 bits per heavy atom. The lowest BCUT2D eigenvalue weighted by atomic mass is 10.2. The second-order valence-corrected chi connectivity index (χ2v) is 6.22. The van der Waals surface area contributed by atoms with Crippen LogP contribution in [-0.4, -0.2) is 12.4 Å². The Kier molecular flexibility index (Phi) is 3.88. The van der Waals surface area contributed by atoms with Crippen molar-refractivity contribution >= 4 is 33.3 Å². The van der Waals surface area contributed by atoms with Gasteiger partial charge in [-0.15, -0.1) is 12.4 Å². The van der Waals surface area contributed by atoms with Gasteiger partial charge in [0.05, 0.1) is 10.4 Å². The van der Waals surface area contributed by atoms with E-state index in [9.17, 15) is 8.42 Å². The molecule has 0 radical (unpaired) electrons. The van der Waals surface area contributed by atoms with E-state index in [0.29, 0.717) is 10.4 Å². The highest BCUT2D eigenvalue weighted by atomic mass is 35.5. The molecule has 0 fully saturated rings. The molecular formula is C15H14ClNO2S. The number of fused-ring (bicyclic) bond motifs is 1. The van der Waals surface area contributed by atoms with Crippen LogP contribution in [0, 0.1) is 6.92 Å². The molecule has 2 aromatic carbocycles. The summed E-state index contributed by atoms with van der Waals surface area (Å²) in [4.78, 5) is 0.344. The number of aromatic nitrogens is 1. The number of benzene rings is 2. The molecule has 20 heavy (non-hydrogen) atoms. The van der Waals surface area contributed by atoms with Crippen LogP contribution in [0.15, 0.2) is 65.7 Å². The van der Waals surface area contributed by atoms with E-state index in [-0.39, 0.29) is 12.4 Å². The smallest absolute Gasteiger partial charge is 0.241 e. The summed E-state index contributed by atoms with van der Waals surface area (Å²) < 4.78 is 26.7. The first kappa shape index (κ1) is 14.6. The Morgan fingerprint density at radius 2 is 1.55 bits per heavy atom. The van der Waals surface area contributed by atoms with E-state index in [1.165, 1.54) is 3.97 Å². The molecule has 3 nitrogen and oxygen atoms in total. The summed E-state index contributed by atoms with van der Waals surface area (Å²) >= 11 is 0. The molecule has 3 aromatic rings. The van der Waals surface area contributed by atoms with Crippen molar-refractivity contribution in [1.29, 1.82) is 0 Å². The van der Waals surface area contributed by atoms with Crippen LogP contribution >= 0.6 is 12.4 Å². The van der Waals surface area contributed by atoms with E-state index in [1.54, 1.807) is 31.3 Å². The van der Waals surface area contributed by atoms with Crippen molar-refractivity contribution in [2.24, 2.45) is 0 Å². The number of hydrogen-bond donors (Lipinski definition) is 0. The first-order chi connectivity index (χ1) is 9.10. The summed E-state index contributed by atoms with van der Waals surface area (Å²) in [7, 11) is -3.54. The minimum absolute atomic E-state index is 0. The summed E-state index contributed by atoms with van der Waals surface area (Å²) in [5.41, 5.74) is 1.45. The normalized spacial score (nSPS) is 11.2. The first-order valence-electron chi connectivity index (χ1n) is 5.98. The molecule has 1 aromatic heterocycles. The maximum Gasteiger partial charge on any atom is 0.268 e. The standard InChI is InChI=1S/C15H13NO2S.ClH/c1-12-6-2-5-9-15(12)19(17,18)16-11-10-13-7-3-4-8-14(13)16;/h2-11H,1H3;1H. The third-order valence-corrected chi connectivity index (χ3v) is 5.04. The largest absolute Gasteiger partial charge is 0.268 e. The van der Waals surface area contributed by atoms with Crippen LogP contribution in [0.4, 0.5) is 0 Å². The van der Waals surface area contributed by atoms with Gasteiger partial charge in [0.25, 0.3) is 10.0 Å². The lowest BCUT2D eigenvalue weighted by molar-refractivity contribution is 0.588. The molecule has 104 valence electrons. The molecule has 0 aliphatic carbocycles. The van der Waals surface area contributed by atoms with E-state index in [2.05, 4.69) is 0 Å². The predicted molar refractivity (Wildman–Crippen MR) is 82.9 cm³/mol. The molecule has 0 amide bonds. The fraction of sp³-hybridized carbons (Fsp3) is 0.0667. The van der Waals surface area contributed by atoms with Crippen LogP contribution in [0.3, 0.4) is 0 Å². The number of hydrogen-bond acceptors (Lipinski definition) is 2. The van der Waals surface area contributed by atoms with Crippen LogP contribution in [0.25, 0.3) is 10.9 Å². The third kappa shape index (κ3) is 2.21. The lowest BCUT2D eigenvalue weighted by Gasteiger charge is -2.09. The fourth-order valence-electron chi connectivity index (χ4n) is 2.22. The summed E-state index contributed by atoms with van der Waals surface area (Å²) in [5.74, 6) is 0. The molecule has 1 heterocycles. The van der Waals surface area contributed by atoms with Gasteiger partial charge in [-0.2, -0.15) is 0 Å². The number of rotatable bonds is 2. The molecule has 0 saturated heterocycles. The van der Waals surface area contributed by atoms with Crippen molar-refractivity contribution in [3.63, 3.8) is 0 Å². The Labute approximate surface area is 124 Å². The van der Waals surface area contributed by atoms with Gasteiger partial charge in [-0.3, -0.25) is 0 Å². The minimum atomic E-state index is -3.54. The van der Waals surface area contributed by atoms with Gasteiger partial charge in [0.2, 0.25) is 0 Å². The highest BCUT2D eigenvalue weighted by Crippen LogP contribution is 2.23.